The Kier molecular flexibility index (Phi) is 5.97. The highest BCUT2D eigenvalue weighted by atomic mass is 32.2. The van der Waals surface area contributed by atoms with Crippen molar-refractivity contribution in [2.24, 2.45) is 0 Å². The van der Waals surface area contributed by atoms with Crippen LogP contribution in [-0.2, 0) is 6.54 Å². The van der Waals surface area contributed by atoms with Crippen molar-refractivity contribution >= 4 is 11.8 Å². The molecule has 0 atom stereocenters. The molecule has 0 spiro atoms. The van der Waals surface area contributed by atoms with Gasteiger partial charge in [0.15, 0.2) is 0 Å². The summed E-state index contributed by atoms with van der Waals surface area (Å²) in [5, 5.41) is 3.74. The largest absolute Gasteiger partial charge is 0.310 e. The van der Waals surface area contributed by atoms with Crippen LogP contribution in [0.25, 0.3) is 0 Å². The maximum atomic E-state index is 3.74. The van der Waals surface area contributed by atoms with Crippen molar-refractivity contribution in [3.63, 3.8) is 0 Å². The quantitative estimate of drug-likeness (QED) is 0.716. The molecule has 1 aliphatic rings. The molecule has 116 valence electrons. The Balaban J connectivity index is 1.50. The second kappa shape index (κ2) is 8.40. The van der Waals surface area contributed by atoms with E-state index < -0.39 is 0 Å². The second-order valence-corrected chi connectivity index (χ2v) is 7.28. The standard InChI is InChI=1S/C20H25NS/c1-2-5-9-18(8-4-1)21-16-17-12-14-20(15-13-17)22-19-10-6-3-7-11-19/h3,6-7,10-15,18,21H,1-2,4-5,8-9,16H2. The van der Waals surface area contributed by atoms with E-state index in [-0.39, 0.29) is 0 Å². The van der Waals surface area contributed by atoms with Crippen LogP contribution in [0.4, 0.5) is 0 Å². The Labute approximate surface area is 138 Å². The summed E-state index contributed by atoms with van der Waals surface area (Å²) in [4.78, 5) is 2.61. The lowest BCUT2D eigenvalue weighted by molar-refractivity contribution is 0.459. The van der Waals surface area contributed by atoms with Crippen molar-refractivity contribution in [1.29, 1.82) is 0 Å². The fourth-order valence-electron chi connectivity index (χ4n) is 3.05. The van der Waals surface area contributed by atoms with Gasteiger partial charge in [0, 0.05) is 22.4 Å². The van der Waals surface area contributed by atoms with Crippen molar-refractivity contribution in [2.45, 2.75) is 60.9 Å². The fraction of sp³-hybridized carbons (Fsp3) is 0.400. The van der Waals surface area contributed by atoms with Crippen LogP contribution in [0.1, 0.15) is 44.1 Å². The van der Waals surface area contributed by atoms with Gasteiger partial charge in [-0.05, 0) is 42.7 Å². The topological polar surface area (TPSA) is 12.0 Å². The van der Waals surface area contributed by atoms with Gasteiger partial charge < -0.3 is 5.32 Å². The Morgan fingerprint density at radius 2 is 1.41 bits per heavy atom. The molecule has 1 saturated carbocycles. The fourth-order valence-corrected chi connectivity index (χ4v) is 3.88. The average Bonchev–Trinajstić information content (AvgIpc) is 2.84. The molecule has 22 heavy (non-hydrogen) atoms. The zero-order valence-corrected chi connectivity index (χ0v) is 13.9. The lowest BCUT2D eigenvalue weighted by Gasteiger charge is -2.16. The normalized spacial score (nSPS) is 16.4. The summed E-state index contributed by atoms with van der Waals surface area (Å²) in [5.41, 5.74) is 1.39. The molecule has 0 unspecified atom stereocenters. The van der Waals surface area contributed by atoms with E-state index in [1.807, 2.05) is 11.8 Å². The molecule has 2 heteroatoms. The smallest absolute Gasteiger partial charge is 0.0208 e. The highest BCUT2D eigenvalue weighted by Gasteiger charge is 2.11. The van der Waals surface area contributed by atoms with Gasteiger partial charge in [-0.2, -0.15) is 0 Å². The van der Waals surface area contributed by atoms with E-state index in [9.17, 15) is 0 Å². The van der Waals surface area contributed by atoms with Gasteiger partial charge in [0.1, 0.15) is 0 Å². The molecular formula is C20H25NS. The summed E-state index contributed by atoms with van der Waals surface area (Å²) in [6.45, 7) is 1.00. The minimum Gasteiger partial charge on any atom is -0.310 e. The van der Waals surface area contributed by atoms with E-state index in [4.69, 9.17) is 0 Å². The van der Waals surface area contributed by atoms with E-state index in [0.29, 0.717) is 0 Å². The maximum absolute atomic E-state index is 3.74. The third-order valence-electron chi connectivity index (χ3n) is 4.35. The van der Waals surface area contributed by atoms with E-state index in [2.05, 4.69) is 59.9 Å². The third kappa shape index (κ3) is 4.89. The highest BCUT2D eigenvalue weighted by molar-refractivity contribution is 7.99. The van der Waals surface area contributed by atoms with Gasteiger partial charge in [-0.1, -0.05) is 67.8 Å². The Hall–Kier alpha value is -1.25. The van der Waals surface area contributed by atoms with Gasteiger partial charge in [-0.15, -0.1) is 0 Å². The second-order valence-electron chi connectivity index (χ2n) is 6.13. The summed E-state index contributed by atoms with van der Waals surface area (Å²) >= 11 is 1.82. The van der Waals surface area contributed by atoms with Crippen LogP contribution < -0.4 is 5.32 Å². The first-order chi connectivity index (χ1) is 10.9. The third-order valence-corrected chi connectivity index (χ3v) is 5.37. The molecule has 3 rings (SSSR count). The summed E-state index contributed by atoms with van der Waals surface area (Å²) in [5.74, 6) is 0. The van der Waals surface area contributed by atoms with Crippen LogP contribution in [0.3, 0.4) is 0 Å². The van der Waals surface area contributed by atoms with Crippen molar-refractivity contribution in [1.82, 2.24) is 5.32 Å². The van der Waals surface area contributed by atoms with Crippen LogP contribution in [0.2, 0.25) is 0 Å². The van der Waals surface area contributed by atoms with Crippen LogP contribution in [-0.4, -0.2) is 6.04 Å². The van der Waals surface area contributed by atoms with Crippen LogP contribution in [0.15, 0.2) is 64.4 Å². The first-order valence-electron chi connectivity index (χ1n) is 8.45. The lowest BCUT2D eigenvalue weighted by atomic mass is 10.1. The summed E-state index contributed by atoms with van der Waals surface area (Å²) in [6, 6.07) is 20.3. The summed E-state index contributed by atoms with van der Waals surface area (Å²) in [6.07, 6.45) is 8.33. The maximum Gasteiger partial charge on any atom is 0.0208 e. The minimum atomic E-state index is 0.723. The van der Waals surface area contributed by atoms with E-state index >= 15 is 0 Å². The molecule has 0 heterocycles. The van der Waals surface area contributed by atoms with Gasteiger partial charge in [0.2, 0.25) is 0 Å². The van der Waals surface area contributed by atoms with Crippen LogP contribution >= 0.6 is 11.8 Å². The molecule has 1 nitrogen and oxygen atoms in total. The summed E-state index contributed by atoms with van der Waals surface area (Å²) in [7, 11) is 0. The molecule has 0 amide bonds. The van der Waals surface area contributed by atoms with Gasteiger partial charge in [-0.3, -0.25) is 0 Å². The van der Waals surface area contributed by atoms with E-state index in [1.165, 1.54) is 53.9 Å². The molecule has 0 radical (unpaired) electrons. The molecule has 1 aliphatic carbocycles. The Morgan fingerprint density at radius 3 is 2.09 bits per heavy atom. The molecule has 1 fully saturated rings. The molecule has 1 N–H and O–H groups in total. The molecule has 0 aliphatic heterocycles. The molecule has 2 aromatic carbocycles. The monoisotopic (exact) mass is 311 g/mol. The molecular weight excluding hydrogens is 286 g/mol. The SMILES string of the molecule is c1ccc(Sc2ccc(CNC3CCCCCC3)cc2)cc1. The van der Waals surface area contributed by atoms with Gasteiger partial charge in [0.25, 0.3) is 0 Å². The highest BCUT2D eigenvalue weighted by Crippen LogP contribution is 2.27. The van der Waals surface area contributed by atoms with E-state index in [0.717, 1.165) is 12.6 Å². The van der Waals surface area contributed by atoms with Crippen molar-refractivity contribution in [3.05, 3.63) is 60.2 Å². The summed E-state index contributed by atoms with van der Waals surface area (Å²) < 4.78 is 0. The van der Waals surface area contributed by atoms with Crippen LogP contribution in [0.5, 0.6) is 0 Å². The Bertz CT molecular complexity index is 542. The number of hydrogen-bond acceptors (Lipinski definition) is 2. The number of rotatable bonds is 5. The molecule has 0 saturated heterocycles. The van der Waals surface area contributed by atoms with Crippen molar-refractivity contribution in [2.75, 3.05) is 0 Å². The minimum absolute atomic E-state index is 0.723. The lowest BCUT2D eigenvalue weighted by Crippen LogP contribution is -2.27. The number of benzene rings is 2. The predicted molar refractivity (Wildman–Crippen MR) is 95.3 cm³/mol. The average molecular weight is 311 g/mol. The molecule has 2 aromatic rings. The Morgan fingerprint density at radius 1 is 0.773 bits per heavy atom. The predicted octanol–water partition coefficient (Wildman–Crippen LogP) is 5.65. The zero-order valence-electron chi connectivity index (χ0n) is 13.1. The van der Waals surface area contributed by atoms with Gasteiger partial charge in [0.05, 0.1) is 0 Å². The van der Waals surface area contributed by atoms with Gasteiger partial charge >= 0.3 is 0 Å². The first kappa shape index (κ1) is 15.6. The van der Waals surface area contributed by atoms with Crippen LogP contribution in [0, 0.1) is 0 Å². The van der Waals surface area contributed by atoms with Gasteiger partial charge in [-0.25, -0.2) is 0 Å². The zero-order chi connectivity index (χ0) is 15.0. The number of hydrogen-bond donors (Lipinski definition) is 1. The van der Waals surface area contributed by atoms with Crippen molar-refractivity contribution < 1.29 is 0 Å². The first-order valence-corrected chi connectivity index (χ1v) is 9.27. The number of nitrogens with one attached hydrogen (secondary N) is 1. The van der Waals surface area contributed by atoms with E-state index in [1.54, 1.807) is 0 Å². The molecule has 0 aromatic heterocycles. The van der Waals surface area contributed by atoms with Crippen molar-refractivity contribution in [3.8, 4) is 0 Å². The molecule has 0 bridgehead atoms.